The SMILES string of the molecule is O=C1c2ccccc2-c2c1ccc(Cl)c2Br. The number of ketones is 1. The van der Waals surface area contributed by atoms with Gasteiger partial charge in [-0.25, -0.2) is 0 Å². The van der Waals surface area contributed by atoms with Gasteiger partial charge in [0.1, 0.15) is 0 Å². The molecule has 0 fully saturated rings. The van der Waals surface area contributed by atoms with E-state index in [9.17, 15) is 4.79 Å². The van der Waals surface area contributed by atoms with Crippen LogP contribution in [-0.4, -0.2) is 5.78 Å². The number of benzene rings is 2. The molecule has 78 valence electrons. The Labute approximate surface area is 106 Å². The number of carbonyl (C=O) groups is 1. The monoisotopic (exact) mass is 292 g/mol. The van der Waals surface area contributed by atoms with Crippen molar-refractivity contribution in [2.45, 2.75) is 0 Å². The van der Waals surface area contributed by atoms with E-state index in [-0.39, 0.29) is 5.78 Å². The van der Waals surface area contributed by atoms with Gasteiger partial charge in [0.25, 0.3) is 0 Å². The molecule has 0 heterocycles. The highest BCUT2D eigenvalue weighted by Crippen LogP contribution is 2.43. The maximum Gasteiger partial charge on any atom is 0.194 e. The number of carbonyl (C=O) groups excluding carboxylic acids is 1. The van der Waals surface area contributed by atoms with Crippen LogP contribution in [0, 0.1) is 0 Å². The lowest BCUT2D eigenvalue weighted by molar-refractivity contribution is 0.104. The summed E-state index contributed by atoms with van der Waals surface area (Å²) in [7, 11) is 0. The highest BCUT2D eigenvalue weighted by atomic mass is 79.9. The Hall–Kier alpha value is -1.12. The van der Waals surface area contributed by atoms with Crippen molar-refractivity contribution in [1.82, 2.24) is 0 Å². The van der Waals surface area contributed by atoms with E-state index in [4.69, 9.17) is 11.6 Å². The minimum Gasteiger partial charge on any atom is -0.289 e. The molecule has 0 amide bonds. The quantitative estimate of drug-likeness (QED) is 0.603. The average Bonchev–Trinajstić information content (AvgIpc) is 2.59. The molecule has 0 saturated carbocycles. The molecule has 0 spiro atoms. The maximum atomic E-state index is 12.1. The second kappa shape index (κ2) is 3.44. The molecule has 1 aliphatic carbocycles. The Morgan fingerprint density at radius 1 is 0.938 bits per heavy atom. The van der Waals surface area contributed by atoms with E-state index >= 15 is 0 Å². The normalized spacial score (nSPS) is 12.5. The third kappa shape index (κ3) is 1.20. The molecule has 0 saturated heterocycles. The van der Waals surface area contributed by atoms with Crippen molar-refractivity contribution in [2.75, 3.05) is 0 Å². The third-order valence-corrected chi connectivity index (χ3v) is 4.15. The van der Waals surface area contributed by atoms with Gasteiger partial charge in [-0.3, -0.25) is 4.79 Å². The molecule has 2 aromatic rings. The van der Waals surface area contributed by atoms with Gasteiger partial charge >= 0.3 is 0 Å². The lowest BCUT2D eigenvalue weighted by Crippen LogP contribution is -1.94. The molecular weight excluding hydrogens is 287 g/mol. The van der Waals surface area contributed by atoms with Crippen LogP contribution >= 0.6 is 27.5 Å². The average molecular weight is 294 g/mol. The van der Waals surface area contributed by atoms with Crippen LogP contribution < -0.4 is 0 Å². The Morgan fingerprint density at radius 2 is 1.62 bits per heavy atom. The Kier molecular flexibility index (Phi) is 2.16. The van der Waals surface area contributed by atoms with Crippen molar-refractivity contribution in [1.29, 1.82) is 0 Å². The van der Waals surface area contributed by atoms with E-state index in [1.54, 1.807) is 12.1 Å². The summed E-state index contributed by atoms with van der Waals surface area (Å²) in [5, 5.41) is 0.628. The summed E-state index contributed by atoms with van der Waals surface area (Å²) in [6.07, 6.45) is 0. The van der Waals surface area contributed by atoms with Crippen molar-refractivity contribution in [3.8, 4) is 11.1 Å². The largest absolute Gasteiger partial charge is 0.289 e. The lowest BCUT2D eigenvalue weighted by Gasteiger charge is -2.04. The smallest absolute Gasteiger partial charge is 0.194 e. The van der Waals surface area contributed by atoms with Crippen LogP contribution in [0.2, 0.25) is 5.02 Å². The second-order valence-corrected chi connectivity index (χ2v) is 4.86. The van der Waals surface area contributed by atoms with Gasteiger partial charge < -0.3 is 0 Å². The molecular formula is C13H6BrClO. The predicted molar refractivity (Wildman–Crippen MR) is 68.0 cm³/mol. The summed E-state index contributed by atoms with van der Waals surface area (Å²) in [4.78, 5) is 12.1. The first-order valence-electron chi connectivity index (χ1n) is 4.82. The van der Waals surface area contributed by atoms with Crippen LogP contribution in [0.15, 0.2) is 40.9 Å². The van der Waals surface area contributed by atoms with Crippen LogP contribution in [0.4, 0.5) is 0 Å². The molecule has 1 aliphatic rings. The first-order valence-corrected chi connectivity index (χ1v) is 5.99. The first-order chi connectivity index (χ1) is 7.70. The zero-order valence-corrected chi connectivity index (χ0v) is 10.5. The molecule has 0 radical (unpaired) electrons. The van der Waals surface area contributed by atoms with Crippen molar-refractivity contribution < 1.29 is 4.79 Å². The van der Waals surface area contributed by atoms with Gasteiger partial charge in [-0.2, -0.15) is 0 Å². The molecule has 3 rings (SSSR count). The van der Waals surface area contributed by atoms with Crippen LogP contribution in [-0.2, 0) is 0 Å². The minimum atomic E-state index is 0.0722. The fourth-order valence-electron chi connectivity index (χ4n) is 2.05. The third-order valence-electron chi connectivity index (χ3n) is 2.78. The van der Waals surface area contributed by atoms with Gasteiger partial charge in [-0.05, 0) is 33.6 Å². The summed E-state index contributed by atoms with van der Waals surface area (Å²) >= 11 is 9.49. The predicted octanol–water partition coefficient (Wildman–Crippen LogP) is 4.31. The van der Waals surface area contributed by atoms with Gasteiger partial charge in [0, 0.05) is 21.2 Å². The summed E-state index contributed by atoms with van der Waals surface area (Å²) in [5.74, 6) is 0.0722. The highest BCUT2D eigenvalue weighted by Gasteiger charge is 2.28. The molecule has 2 aromatic carbocycles. The minimum absolute atomic E-state index is 0.0722. The summed E-state index contributed by atoms with van der Waals surface area (Å²) in [6.45, 7) is 0. The Bertz CT molecular complexity index is 619. The number of rotatable bonds is 0. The standard InChI is InChI=1S/C13H6BrClO/c14-12-10(15)6-5-9-11(12)7-3-1-2-4-8(7)13(9)16/h1-6H. The van der Waals surface area contributed by atoms with Crippen molar-refractivity contribution in [2.24, 2.45) is 0 Å². The molecule has 0 aromatic heterocycles. The molecule has 0 bridgehead atoms. The van der Waals surface area contributed by atoms with E-state index in [0.717, 1.165) is 26.7 Å². The van der Waals surface area contributed by atoms with Gasteiger partial charge in [0.2, 0.25) is 0 Å². The fraction of sp³-hybridized carbons (Fsp3) is 0. The number of hydrogen-bond donors (Lipinski definition) is 0. The zero-order valence-electron chi connectivity index (χ0n) is 8.13. The maximum absolute atomic E-state index is 12.1. The van der Waals surface area contributed by atoms with E-state index in [0.29, 0.717) is 5.02 Å². The van der Waals surface area contributed by atoms with E-state index in [1.807, 2.05) is 24.3 Å². The van der Waals surface area contributed by atoms with E-state index in [1.165, 1.54) is 0 Å². The van der Waals surface area contributed by atoms with E-state index < -0.39 is 0 Å². The molecule has 1 nitrogen and oxygen atoms in total. The van der Waals surface area contributed by atoms with Gasteiger partial charge in [-0.15, -0.1) is 0 Å². The second-order valence-electron chi connectivity index (χ2n) is 3.66. The number of hydrogen-bond acceptors (Lipinski definition) is 1. The summed E-state index contributed by atoms with van der Waals surface area (Å²) in [5.41, 5.74) is 3.34. The van der Waals surface area contributed by atoms with E-state index in [2.05, 4.69) is 15.9 Å². The fourth-order valence-corrected chi connectivity index (χ4v) is 2.76. The van der Waals surface area contributed by atoms with Crippen molar-refractivity contribution in [3.05, 3.63) is 57.0 Å². The lowest BCUT2D eigenvalue weighted by atomic mass is 10.1. The zero-order chi connectivity index (χ0) is 11.3. The summed E-state index contributed by atoms with van der Waals surface area (Å²) in [6, 6.07) is 11.1. The van der Waals surface area contributed by atoms with Gasteiger partial charge in [-0.1, -0.05) is 35.9 Å². The molecule has 16 heavy (non-hydrogen) atoms. The topological polar surface area (TPSA) is 17.1 Å². The molecule has 0 aliphatic heterocycles. The van der Waals surface area contributed by atoms with Crippen molar-refractivity contribution >= 4 is 33.3 Å². The summed E-state index contributed by atoms with van der Waals surface area (Å²) < 4.78 is 0.796. The number of halogens is 2. The molecule has 0 unspecified atom stereocenters. The van der Waals surface area contributed by atoms with Crippen LogP contribution in [0.5, 0.6) is 0 Å². The molecule has 0 atom stereocenters. The van der Waals surface area contributed by atoms with Gasteiger partial charge in [0.05, 0.1) is 5.02 Å². The van der Waals surface area contributed by atoms with Crippen LogP contribution in [0.1, 0.15) is 15.9 Å². The molecule has 0 N–H and O–H groups in total. The number of fused-ring (bicyclic) bond motifs is 3. The highest BCUT2D eigenvalue weighted by molar-refractivity contribution is 9.10. The van der Waals surface area contributed by atoms with Crippen molar-refractivity contribution in [3.63, 3.8) is 0 Å². The Morgan fingerprint density at radius 3 is 2.38 bits per heavy atom. The first kappa shape index (κ1) is 10.1. The van der Waals surface area contributed by atoms with Crippen LogP contribution in [0.25, 0.3) is 11.1 Å². The van der Waals surface area contributed by atoms with Gasteiger partial charge in [0.15, 0.2) is 5.78 Å². The van der Waals surface area contributed by atoms with Crippen LogP contribution in [0.3, 0.4) is 0 Å². The molecule has 3 heteroatoms. The Balaban J connectivity index is 2.44.